The highest BCUT2D eigenvalue weighted by Gasteiger charge is 2.12. The predicted molar refractivity (Wildman–Crippen MR) is 126 cm³/mol. The van der Waals surface area contributed by atoms with E-state index >= 15 is 0 Å². The van der Waals surface area contributed by atoms with E-state index in [1.54, 1.807) is 43.3 Å². The van der Waals surface area contributed by atoms with Crippen LogP contribution in [-0.2, 0) is 10.0 Å². The van der Waals surface area contributed by atoms with Gasteiger partial charge in [-0.3, -0.25) is 4.99 Å². The van der Waals surface area contributed by atoms with Gasteiger partial charge in [0.2, 0.25) is 10.0 Å². The van der Waals surface area contributed by atoms with Gasteiger partial charge < -0.3 is 10.6 Å². The third-order valence-corrected chi connectivity index (χ3v) is 5.60. The molecule has 0 aliphatic carbocycles. The maximum Gasteiger partial charge on any atom is 0.240 e. The topological polar surface area (TPSA) is 82.6 Å². The third-order valence-electron chi connectivity index (χ3n) is 4.12. The molecule has 0 fully saturated rings. The minimum atomic E-state index is -3.55. The van der Waals surface area contributed by atoms with Gasteiger partial charge in [0.1, 0.15) is 5.82 Å². The van der Waals surface area contributed by atoms with Crippen LogP contribution in [0, 0.1) is 12.7 Å². The molecule has 2 aromatic rings. The van der Waals surface area contributed by atoms with Gasteiger partial charge in [-0.15, -0.1) is 24.0 Å². The lowest BCUT2D eigenvalue weighted by Crippen LogP contribution is -2.39. The molecule has 0 bridgehead atoms. The highest BCUT2D eigenvalue weighted by atomic mass is 127. The van der Waals surface area contributed by atoms with Crippen LogP contribution in [0.4, 0.5) is 4.39 Å². The standard InChI is InChI=1S/C20H27FN4O2S.HI/c1-4-22-20(25-16(3)17-11-10-15(2)19(21)14-17)23-12-13-24-28(26,27)18-8-6-5-7-9-18;/h5-11,14,16,24H,4,12-13H2,1-3H3,(H2,22,23,25);1H. The number of hydrogen-bond donors (Lipinski definition) is 3. The van der Waals surface area contributed by atoms with E-state index in [2.05, 4.69) is 20.3 Å². The van der Waals surface area contributed by atoms with Gasteiger partial charge in [0, 0.05) is 13.1 Å². The van der Waals surface area contributed by atoms with Crippen LogP contribution in [0.25, 0.3) is 0 Å². The molecule has 29 heavy (non-hydrogen) atoms. The van der Waals surface area contributed by atoms with Gasteiger partial charge >= 0.3 is 0 Å². The number of benzene rings is 2. The van der Waals surface area contributed by atoms with Crippen LogP contribution in [0.1, 0.15) is 31.0 Å². The first-order valence-electron chi connectivity index (χ1n) is 9.19. The molecule has 1 atom stereocenters. The van der Waals surface area contributed by atoms with Crippen LogP contribution in [0.5, 0.6) is 0 Å². The SMILES string of the molecule is CCNC(=NCCNS(=O)(=O)c1ccccc1)NC(C)c1ccc(C)c(F)c1.I. The molecule has 0 spiro atoms. The first-order chi connectivity index (χ1) is 13.3. The van der Waals surface area contributed by atoms with Crippen molar-refractivity contribution in [1.82, 2.24) is 15.4 Å². The second-order valence-corrected chi connectivity index (χ2v) is 8.11. The molecule has 6 nitrogen and oxygen atoms in total. The summed E-state index contributed by atoms with van der Waals surface area (Å²) in [6.45, 7) is 6.65. The average Bonchev–Trinajstić information content (AvgIpc) is 2.68. The van der Waals surface area contributed by atoms with Crippen molar-refractivity contribution in [2.24, 2.45) is 4.99 Å². The summed E-state index contributed by atoms with van der Waals surface area (Å²) in [6, 6.07) is 13.2. The van der Waals surface area contributed by atoms with Crippen LogP contribution < -0.4 is 15.4 Å². The minimum absolute atomic E-state index is 0. The number of guanidine groups is 1. The van der Waals surface area contributed by atoms with E-state index in [4.69, 9.17) is 0 Å². The highest BCUT2D eigenvalue weighted by molar-refractivity contribution is 14.0. The van der Waals surface area contributed by atoms with Crippen molar-refractivity contribution in [1.29, 1.82) is 0 Å². The molecule has 160 valence electrons. The molecule has 0 saturated carbocycles. The predicted octanol–water partition coefficient (Wildman–Crippen LogP) is 3.35. The molecule has 0 amide bonds. The summed E-state index contributed by atoms with van der Waals surface area (Å²) in [6.07, 6.45) is 0. The lowest BCUT2D eigenvalue weighted by Gasteiger charge is -2.18. The van der Waals surface area contributed by atoms with Gasteiger partial charge in [0.15, 0.2) is 5.96 Å². The molecule has 1 unspecified atom stereocenters. The number of sulfonamides is 1. The zero-order valence-electron chi connectivity index (χ0n) is 16.8. The van der Waals surface area contributed by atoms with E-state index in [0.29, 0.717) is 18.1 Å². The number of halogens is 2. The minimum Gasteiger partial charge on any atom is -0.357 e. The fraction of sp³-hybridized carbons (Fsp3) is 0.350. The summed E-state index contributed by atoms with van der Waals surface area (Å²) < 4.78 is 40.7. The fourth-order valence-corrected chi connectivity index (χ4v) is 3.56. The Labute approximate surface area is 189 Å². The molecular formula is C20H28FIN4O2S. The number of aryl methyl sites for hydroxylation is 1. The van der Waals surface area contributed by atoms with Crippen LogP contribution >= 0.6 is 24.0 Å². The lowest BCUT2D eigenvalue weighted by atomic mass is 10.1. The Kier molecular flexibility index (Phi) is 10.5. The maximum atomic E-state index is 13.8. The molecular weight excluding hydrogens is 506 g/mol. The van der Waals surface area contributed by atoms with Crippen molar-refractivity contribution < 1.29 is 12.8 Å². The summed E-state index contributed by atoms with van der Waals surface area (Å²) in [4.78, 5) is 4.61. The fourth-order valence-electron chi connectivity index (χ4n) is 2.52. The number of nitrogens with one attached hydrogen (secondary N) is 3. The van der Waals surface area contributed by atoms with Crippen molar-refractivity contribution in [2.75, 3.05) is 19.6 Å². The van der Waals surface area contributed by atoms with Gasteiger partial charge in [0.25, 0.3) is 0 Å². The van der Waals surface area contributed by atoms with E-state index in [0.717, 1.165) is 5.56 Å². The molecule has 0 heterocycles. The summed E-state index contributed by atoms with van der Waals surface area (Å²) >= 11 is 0. The quantitative estimate of drug-likeness (QED) is 0.210. The highest BCUT2D eigenvalue weighted by Crippen LogP contribution is 2.16. The summed E-state index contributed by atoms with van der Waals surface area (Å²) in [5.41, 5.74) is 1.40. The molecule has 0 aliphatic heterocycles. The Morgan fingerprint density at radius 3 is 2.48 bits per heavy atom. The monoisotopic (exact) mass is 534 g/mol. The van der Waals surface area contributed by atoms with E-state index in [1.807, 2.05) is 19.9 Å². The molecule has 0 radical (unpaired) electrons. The second kappa shape index (κ2) is 12.1. The molecule has 0 aromatic heterocycles. The zero-order chi connectivity index (χ0) is 20.6. The Morgan fingerprint density at radius 2 is 1.86 bits per heavy atom. The number of rotatable bonds is 8. The van der Waals surface area contributed by atoms with E-state index < -0.39 is 10.0 Å². The Bertz CT molecular complexity index is 908. The van der Waals surface area contributed by atoms with Crippen LogP contribution in [0.3, 0.4) is 0 Å². The first-order valence-corrected chi connectivity index (χ1v) is 10.7. The van der Waals surface area contributed by atoms with Crippen molar-refractivity contribution in [3.8, 4) is 0 Å². The van der Waals surface area contributed by atoms with E-state index in [-0.39, 0.29) is 53.8 Å². The van der Waals surface area contributed by atoms with E-state index in [1.165, 1.54) is 6.07 Å². The molecule has 0 saturated heterocycles. The first kappa shape index (κ1) is 25.3. The largest absolute Gasteiger partial charge is 0.357 e. The van der Waals surface area contributed by atoms with Crippen molar-refractivity contribution in [2.45, 2.75) is 31.7 Å². The van der Waals surface area contributed by atoms with Crippen molar-refractivity contribution in [3.63, 3.8) is 0 Å². The van der Waals surface area contributed by atoms with Crippen LogP contribution in [0.2, 0.25) is 0 Å². The van der Waals surface area contributed by atoms with Crippen molar-refractivity contribution >= 4 is 40.0 Å². The van der Waals surface area contributed by atoms with Gasteiger partial charge in [-0.25, -0.2) is 17.5 Å². The lowest BCUT2D eigenvalue weighted by molar-refractivity contribution is 0.582. The molecule has 3 N–H and O–H groups in total. The Balaban J connectivity index is 0.00000420. The molecule has 0 aliphatic rings. The number of aliphatic imine (C=N–C) groups is 1. The van der Waals surface area contributed by atoms with Crippen LogP contribution in [-0.4, -0.2) is 34.0 Å². The summed E-state index contributed by atoms with van der Waals surface area (Å²) in [7, 11) is -3.55. The summed E-state index contributed by atoms with van der Waals surface area (Å²) in [5, 5.41) is 6.31. The Morgan fingerprint density at radius 1 is 1.17 bits per heavy atom. The number of hydrogen-bond acceptors (Lipinski definition) is 3. The molecule has 9 heteroatoms. The second-order valence-electron chi connectivity index (χ2n) is 6.35. The Hall–Kier alpha value is -1.72. The van der Waals surface area contributed by atoms with Gasteiger partial charge in [-0.2, -0.15) is 0 Å². The third kappa shape index (κ3) is 7.90. The van der Waals surface area contributed by atoms with Gasteiger partial charge in [0.05, 0.1) is 17.5 Å². The summed E-state index contributed by atoms with van der Waals surface area (Å²) in [5.74, 6) is 0.290. The zero-order valence-corrected chi connectivity index (χ0v) is 19.9. The molecule has 2 rings (SSSR count). The van der Waals surface area contributed by atoms with Gasteiger partial charge in [-0.05, 0) is 50.1 Å². The smallest absolute Gasteiger partial charge is 0.240 e. The normalized spacial score (nSPS) is 12.8. The van der Waals surface area contributed by atoms with Gasteiger partial charge in [-0.1, -0.05) is 30.3 Å². The van der Waals surface area contributed by atoms with Crippen molar-refractivity contribution in [3.05, 3.63) is 65.5 Å². The van der Waals surface area contributed by atoms with Crippen LogP contribution in [0.15, 0.2) is 58.4 Å². The maximum absolute atomic E-state index is 13.8. The molecule has 2 aromatic carbocycles. The average molecular weight is 534 g/mol. The number of nitrogens with zero attached hydrogens (tertiary/aromatic N) is 1. The van der Waals surface area contributed by atoms with E-state index in [9.17, 15) is 12.8 Å².